The van der Waals surface area contributed by atoms with E-state index in [0.717, 1.165) is 18.4 Å². The maximum absolute atomic E-state index is 5.48. The summed E-state index contributed by atoms with van der Waals surface area (Å²) in [7, 11) is 3.42. The molecule has 0 saturated heterocycles. The standard InChI is InChI=1S/C11H16O2/c1-7-8(2)10-5-9(7)6-11(10,12-3)13-4/h9-10H,1-2,5-6H2,3-4H3. The highest BCUT2D eigenvalue weighted by Gasteiger charge is 2.55. The first kappa shape index (κ1) is 8.97. The molecular formula is C11H16O2. The van der Waals surface area contributed by atoms with Gasteiger partial charge < -0.3 is 9.47 Å². The minimum absolute atomic E-state index is 0.319. The van der Waals surface area contributed by atoms with E-state index in [1.807, 2.05) is 0 Å². The lowest BCUT2D eigenvalue weighted by Crippen LogP contribution is -2.40. The zero-order valence-corrected chi connectivity index (χ0v) is 8.30. The van der Waals surface area contributed by atoms with E-state index in [0.29, 0.717) is 11.8 Å². The molecule has 2 rings (SSSR count). The zero-order chi connectivity index (χ0) is 9.64. The summed E-state index contributed by atoms with van der Waals surface area (Å²) in [5, 5.41) is 0. The molecule has 13 heavy (non-hydrogen) atoms. The Bertz CT molecular complexity index is 263. The first-order chi connectivity index (χ1) is 6.14. The fraction of sp³-hybridized carbons (Fsp3) is 0.636. The zero-order valence-electron chi connectivity index (χ0n) is 8.30. The summed E-state index contributed by atoms with van der Waals surface area (Å²) in [4.78, 5) is 0. The molecule has 2 nitrogen and oxygen atoms in total. The maximum atomic E-state index is 5.48. The second kappa shape index (κ2) is 2.69. The van der Waals surface area contributed by atoms with Crippen molar-refractivity contribution in [3.63, 3.8) is 0 Å². The highest BCUT2D eigenvalue weighted by molar-refractivity contribution is 5.41. The normalized spacial score (nSPS) is 35.8. The fourth-order valence-corrected chi connectivity index (χ4v) is 2.73. The predicted molar refractivity (Wildman–Crippen MR) is 51.2 cm³/mol. The largest absolute Gasteiger partial charge is 0.353 e. The van der Waals surface area contributed by atoms with Crippen LogP contribution in [0.5, 0.6) is 0 Å². The van der Waals surface area contributed by atoms with Crippen molar-refractivity contribution in [1.29, 1.82) is 0 Å². The number of hydrogen-bond donors (Lipinski definition) is 0. The van der Waals surface area contributed by atoms with Crippen molar-refractivity contribution in [2.45, 2.75) is 18.6 Å². The molecule has 2 fully saturated rings. The minimum Gasteiger partial charge on any atom is -0.353 e. The lowest BCUT2D eigenvalue weighted by Gasteiger charge is -2.36. The van der Waals surface area contributed by atoms with Crippen LogP contribution in [0.25, 0.3) is 0 Å². The molecular weight excluding hydrogens is 164 g/mol. The number of fused-ring (bicyclic) bond motifs is 2. The molecule has 72 valence electrons. The van der Waals surface area contributed by atoms with E-state index >= 15 is 0 Å². The van der Waals surface area contributed by atoms with Crippen molar-refractivity contribution in [2.75, 3.05) is 14.2 Å². The molecule has 2 unspecified atom stereocenters. The molecule has 0 heterocycles. The number of ether oxygens (including phenoxy) is 2. The molecule has 2 bridgehead atoms. The van der Waals surface area contributed by atoms with Crippen LogP contribution in [0.4, 0.5) is 0 Å². The highest BCUT2D eigenvalue weighted by atomic mass is 16.7. The van der Waals surface area contributed by atoms with Crippen molar-refractivity contribution >= 4 is 0 Å². The van der Waals surface area contributed by atoms with Crippen LogP contribution in [-0.4, -0.2) is 20.0 Å². The molecule has 2 atom stereocenters. The van der Waals surface area contributed by atoms with Crippen molar-refractivity contribution in [1.82, 2.24) is 0 Å². The molecule has 0 aliphatic heterocycles. The molecule has 2 aliphatic carbocycles. The van der Waals surface area contributed by atoms with Gasteiger partial charge >= 0.3 is 0 Å². The number of allylic oxidation sites excluding steroid dienone is 1. The lowest BCUT2D eigenvalue weighted by atomic mass is 9.87. The average molecular weight is 180 g/mol. The Labute approximate surface area is 79.2 Å². The van der Waals surface area contributed by atoms with Gasteiger partial charge in [-0.3, -0.25) is 0 Å². The molecule has 0 aromatic rings. The van der Waals surface area contributed by atoms with Crippen LogP contribution < -0.4 is 0 Å². The van der Waals surface area contributed by atoms with Crippen LogP contribution in [0.15, 0.2) is 24.3 Å². The van der Waals surface area contributed by atoms with E-state index in [-0.39, 0.29) is 0 Å². The Hall–Kier alpha value is -0.600. The van der Waals surface area contributed by atoms with E-state index < -0.39 is 5.79 Å². The van der Waals surface area contributed by atoms with Crippen LogP contribution in [0.3, 0.4) is 0 Å². The molecule has 0 amide bonds. The van der Waals surface area contributed by atoms with E-state index in [9.17, 15) is 0 Å². The third kappa shape index (κ3) is 0.960. The monoisotopic (exact) mass is 180 g/mol. The van der Waals surface area contributed by atoms with Gasteiger partial charge in [0.15, 0.2) is 5.79 Å². The Kier molecular flexibility index (Phi) is 1.86. The van der Waals surface area contributed by atoms with E-state index in [4.69, 9.17) is 9.47 Å². The molecule has 0 aromatic carbocycles. The first-order valence-corrected chi connectivity index (χ1v) is 4.63. The average Bonchev–Trinajstić information content (AvgIpc) is 2.65. The van der Waals surface area contributed by atoms with Crippen molar-refractivity contribution < 1.29 is 9.47 Å². The van der Waals surface area contributed by atoms with Gasteiger partial charge in [-0.15, -0.1) is 0 Å². The van der Waals surface area contributed by atoms with Gasteiger partial charge in [0.25, 0.3) is 0 Å². The number of rotatable bonds is 2. The highest BCUT2D eigenvalue weighted by Crippen LogP contribution is 2.56. The van der Waals surface area contributed by atoms with Gasteiger partial charge in [-0.25, -0.2) is 0 Å². The van der Waals surface area contributed by atoms with Gasteiger partial charge in [0.05, 0.1) is 0 Å². The second-order valence-electron chi connectivity index (χ2n) is 3.96. The lowest BCUT2D eigenvalue weighted by molar-refractivity contribution is -0.223. The summed E-state index contributed by atoms with van der Waals surface area (Å²) in [6.07, 6.45) is 2.03. The summed E-state index contributed by atoms with van der Waals surface area (Å²) < 4.78 is 11.0. The van der Waals surface area contributed by atoms with E-state index in [1.54, 1.807) is 14.2 Å². The number of methoxy groups -OCH3 is 2. The molecule has 2 aliphatic rings. The Morgan fingerprint density at radius 2 is 1.85 bits per heavy atom. The second-order valence-corrected chi connectivity index (χ2v) is 3.96. The Morgan fingerprint density at radius 3 is 2.23 bits per heavy atom. The molecule has 0 N–H and O–H groups in total. The summed E-state index contributed by atoms with van der Waals surface area (Å²) in [5.74, 6) is 0.431. The molecule has 2 saturated carbocycles. The third-order valence-corrected chi connectivity index (χ3v) is 3.60. The molecule has 0 aromatic heterocycles. The maximum Gasteiger partial charge on any atom is 0.174 e. The van der Waals surface area contributed by atoms with Crippen LogP contribution in [0.2, 0.25) is 0 Å². The van der Waals surface area contributed by atoms with Gasteiger partial charge in [0.1, 0.15) is 0 Å². The molecule has 0 spiro atoms. The summed E-state index contributed by atoms with van der Waals surface area (Å²) in [5.41, 5.74) is 2.33. The summed E-state index contributed by atoms with van der Waals surface area (Å²) >= 11 is 0. The van der Waals surface area contributed by atoms with Crippen LogP contribution in [0.1, 0.15) is 12.8 Å². The molecule has 0 radical (unpaired) electrons. The summed E-state index contributed by atoms with van der Waals surface area (Å²) in [6, 6.07) is 0. The van der Waals surface area contributed by atoms with Crippen LogP contribution >= 0.6 is 0 Å². The van der Waals surface area contributed by atoms with Crippen molar-refractivity contribution in [3.05, 3.63) is 24.3 Å². The van der Waals surface area contributed by atoms with Crippen molar-refractivity contribution in [2.24, 2.45) is 11.8 Å². The quantitative estimate of drug-likeness (QED) is 0.606. The Morgan fingerprint density at radius 1 is 1.23 bits per heavy atom. The van der Waals surface area contributed by atoms with Gasteiger partial charge in [0.2, 0.25) is 0 Å². The smallest absolute Gasteiger partial charge is 0.174 e. The predicted octanol–water partition coefficient (Wildman–Crippen LogP) is 2.13. The summed E-state index contributed by atoms with van der Waals surface area (Å²) in [6.45, 7) is 8.09. The Balaban J connectivity index is 2.31. The van der Waals surface area contributed by atoms with Gasteiger partial charge in [-0.05, 0) is 23.5 Å². The fourth-order valence-electron chi connectivity index (χ4n) is 2.73. The minimum atomic E-state index is -0.414. The number of hydrogen-bond acceptors (Lipinski definition) is 2. The van der Waals surface area contributed by atoms with E-state index in [2.05, 4.69) is 13.2 Å². The topological polar surface area (TPSA) is 18.5 Å². The van der Waals surface area contributed by atoms with Crippen molar-refractivity contribution in [3.8, 4) is 0 Å². The first-order valence-electron chi connectivity index (χ1n) is 4.63. The SMILES string of the molecule is C=C1C(=C)C2CC1CC2(OC)OC. The van der Waals surface area contributed by atoms with Crippen LogP contribution in [0, 0.1) is 11.8 Å². The van der Waals surface area contributed by atoms with Gasteiger partial charge in [-0.2, -0.15) is 0 Å². The third-order valence-electron chi connectivity index (χ3n) is 3.60. The molecule has 2 heteroatoms. The van der Waals surface area contributed by atoms with Crippen LogP contribution in [-0.2, 0) is 9.47 Å². The van der Waals surface area contributed by atoms with E-state index in [1.165, 1.54) is 5.57 Å². The van der Waals surface area contributed by atoms with Gasteiger partial charge in [0, 0.05) is 26.6 Å². The van der Waals surface area contributed by atoms with Gasteiger partial charge in [-0.1, -0.05) is 13.2 Å².